The molecule has 0 aromatic heterocycles. The number of carbonyl (C=O) groups is 1. The zero-order valence-electron chi connectivity index (χ0n) is 16.9. The van der Waals surface area contributed by atoms with Gasteiger partial charge in [0.05, 0.1) is 16.9 Å². The van der Waals surface area contributed by atoms with Gasteiger partial charge >= 0.3 is 0 Å². The highest BCUT2D eigenvalue weighted by atomic mass is 35.5. The first-order chi connectivity index (χ1) is 15.5. The predicted molar refractivity (Wildman–Crippen MR) is 127 cm³/mol. The van der Waals surface area contributed by atoms with Gasteiger partial charge in [0.1, 0.15) is 12.4 Å². The van der Waals surface area contributed by atoms with Crippen molar-refractivity contribution < 1.29 is 14.5 Å². The first-order valence-corrected chi connectivity index (χ1v) is 11.1. The number of carbonyl (C=O) groups excluding carboxylic acids is 1. The number of rotatable bonds is 10. The van der Waals surface area contributed by atoms with Gasteiger partial charge in [-0.1, -0.05) is 35.9 Å². The minimum absolute atomic E-state index is 0.0481. The summed E-state index contributed by atoms with van der Waals surface area (Å²) in [7, 11) is 0. The molecule has 0 aliphatic heterocycles. The molecule has 0 atom stereocenters. The fourth-order valence-electron chi connectivity index (χ4n) is 2.58. The Balaban J connectivity index is 1.36. The summed E-state index contributed by atoms with van der Waals surface area (Å²) in [5, 5.41) is 15.3. The van der Waals surface area contributed by atoms with Gasteiger partial charge in [-0.05, 0) is 53.1 Å². The van der Waals surface area contributed by atoms with E-state index in [1.165, 1.54) is 23.9 Å². The van der Waals surface area contributed by atoms with Crippen LogP contribution in [0.2, 0.25) is 5.02 Å². The number of halogens is 1. The van der Waals surface area contributed by atoms with E-state index in [9.17, 15) is 14.9 Å². The third-order valence-electron chi connectivity index (χ3n) is 4.25. The van der Waals surface area contributed by atoms with Crippen LogP contribution in [-0.4, -0.2) is 22.8 Å². The van der Waals surface area contributed by atoms with Crippen LogP contribution in [0.5, 0.6) is 5.75 Å². The van der Waals surface area contributed by atoms with E-state index in [0.29, 0.717) is 17.4 Å². The lowest BCUT2D eigenvalue weighted by Gasteiger charge is -2.06. The Labute approximate surface area is 194 Å². The third-order valence-corrected chi connectivity index (χ3v) is 5.51. The summed E-state index contributed by atoms with van der Waals surface area (Å²) in [6, 6.07) is 21.1. The molecule has 0 saturated carbocycles. The molecule has 0 aliphatic carbocycles. The molecule has 3 aromatic carbocycles. The van der Waals surface area contributed by atoms with Crippen LogP contribution < -0.4 is 10.2 Å². The number of amides is 1. The van der Waals surface area contributed by atoms with Gasteiger partial charge in [0.25, 0.3) is 5.69 Å². The minimum Gasteiger partial charge on any atom is -0.489 e. The van der Waals surface area contributed by atoms with Crippen LogP contribution in [0.4, 0.5) is 5.69 Å². The molecule has 164 valence electrons. The minimum atomic E-state index is -0.440. The van der Waals surface area contributed by atoms with Crippen molar-refractivity contribution >= 4 is 41.2 Å². The summed E-state index contributed by atoms with van der Waals surface area (Å²) in [4.78, 5) is 22.1. The van der Waals surface area contributed by atoms with Gasteiger partial charge in [-0.15, -0.1) is 11.8 Å². The molecule has 0 fully saturated rings. The molecule has 0 unspecified atom stereocenters. The maximum Gasteiger partial charge on any atom is 0.269 e. The number of hydrazone groups is 1. The predicted octanol–water partition coefficient (Wildman–Crippen LogP) is 5.21. The number of benzene rings is 3. The van der Waals surface area contributed by atoms with Crippen molar-refractivity contribution in [1.82, 2.24) is 5.43 Å². The van der Waals surface area contributed by atoms with Crippen LogP contribution in [0, 0.1) is 10.1 Å². The maximum absolute atomic E-state index is 11.9. The van der Waals surface area contributed by atoms with Crippen molar-refractivity contribution in [2.45, 2.75) is 12.4 Å². The molecule has 0 radical (unpaired) electrons. The zero-order chi connectivity index (χ0) is 22.8. The fourth-order valence-corrected chi connectivity index (χ4v) is 3.49. The number of nitro groups is 1. The van der Waals surface area contributed by atoms with E-state index in [1.807, 2.05) is 48.5 Å². The molecule has 1 amide bonds. The van der Waals surface area contributed by atoms with E-state index in [-0.39, 0.29) is 17.3 Å². The standard InChI is InChI=1S/C23H20ClN3O4S/c24-20-7-1-18(2-8-20)14-31-22-11-5-17(6-12-22)13-25-26-23(28)16-32-15-19-3-9-21(10-4-19)27(29)30/h1-13H,14-16H2,(H,26,28). The number of non-ortho nitro benzene ring substituents is 1. The molecule has 1 N–H and O–H groups in total. The fraction of sp³-hybridized carbons (Fsp3) is 0.130. The summed E-state index contributed by atoms with van der Waals surface area (Å²) < 4.78 is 5.74. The highest BCUT2D eigenvalue weighted by molar-refractivity contribution is 7.99. The number of ether oxygens (including phenoxy) is 1. The van der Waals surface area contributed by atoms with Crippen molar-refractivity contribution in [3.63, 3.8) is 0 Å². The summed E-state index contributed by atoms with van der Waals surface area (Å²) >= 11 is 7.27. The van der Waals surface area contributed by atoms with E-state index in [1.54, 1.807) is 18.3 Å². The van der Waals surface area contributed by atoms with Crippen LogP contribution in [0.15, 0.2) is 77.9 Å². The number of nitrogens with zero attached hydrogens (tertiary/aromatic N) is 2. The lowest BCUT2D eigenvalue weighted by molar-refractivity contribution is -0.384. The Morgan fingerprint density at radius 1 is 1.03 bits per heavy atom. The lowest BCUT2D eigenvalue weighted by Crippen LogP contribution is -2.19. The molecule has 3 rings (SSSR count). The molecular weight excluding hydrogens is 450 g/mol. The molecule has 32 heavy (non-hydrogen) atoms. The zero-order valence-corrected chi connectivity index (χ0v) is 18.5. The third kappa shape index (κ3) is 7.72. The van der Waals surface area contributed by atoms with E-state index in [4.69, 9.17) is 16.3 Å². The van der Waals surface area contributed by atoms with Gasteiger partial charge < -0.3 is 4.74 Å². The molecule has 0 bridgehead atoms. The molecule has 0 aliphatic rings. The van der Waals surface area contributed by atoms with Crippen molar-refractivity contribution in [3.8, 4) is 5.75 Å². The SMILES string of the molecule is O=C(CSCc1ccc([N+](=O)[O-])cc1)NN=Cc1ccc(OCc2ccc(Cl)cc2)cc1. The Morgan fingerprint density at radius 3 is 2.34 bits per heavy atom. The number of thioether (sulfide) groups is 1. The summed E-state index contributed by atoms with van der Waals surface area (Å²) in [5.41, 5.74) is 5.29. The Hall–Kier alpha value is -3.36. The molecule has 9 heteroatoms. The topological polar surface area (TPSA) is 93.8 Å². The Kier molecular flexibility index (Phi) is 8.65. The smallest absolute Gasteiger partial charge is 0.269 e. The molecule has 0 spiro atoms. The number of hydrogen-bond acceptors (Lipinski definition) is 6. The summed E-state index contributed by atoms with van der Waals surface area (Å²) in [6.45, 7) is 0.443. The molecule has 0 saturated heterocycles. The largest absolute Gasteiger partial charge is 0.489 e. The van der Waals surface area contributed by atoms with Crippen LogP contribution in [0.25, 0.3) is 0 Å². The van der Waals surface area contributed by atoms with Gasteiger partial charge in [0.2, 0.25) is 5.91 Å². The quantitative estimate of drug-likeness (QED) is 0.250. The second-order valence-corrected chi connectivity index (χ2v) is 8.12. The van der Waals surface area contributed by atoms with Gasteiger partial charge in [0.15, 0.2) is 0 Å². The van der Waals surface area contributed by atoms with Gasteiger partial charge in [-0.3, -0.25) is 14.9 Å². The average molecular weight is 470 g/mol. The van der Waals surface area contributed by atoms with E-state index in [0.717, 1.165) is 22.4 Å². The highest BCUT2D eigenvalue weighted by Crippen LogP contribution is 2.17. The van der Waals surface area contributed by atoms with Gasteiger partial charge in [0, 0.05) is 22.9 Å². The van der Waals surface area contributed by atoms with E-state index >= 15 is 0 Å². The second-order valence-electron chi connectivity index (χ2n) is 6.69. The van der Waals surface area contributed by atoms with Crippen LogP contribution >= 0.6 is 23.4 Å². The van der Waals surface area contributed by atoms with Crippen LogP contribution in [0.1, 0.15) is 16.7 Å². The van der Waals surface area contributed by atoms with Crippen LogP contribution in [-0.2, 0) is 17.2 Å². The van der Waals surface area contributed by atoms with Gasteiger partial charge in [-0.2, -0.15) is 5.10 Å². The summed E-state index contributed by atoms with van der Waals surface area (Å²) in [6.07, 6.45) is 1.56. The van der Waals surface area contributed by atoms with Crippen molar-refractivity contribution in [2.24, 2.45) is 5.10 Å². The average Bonchev–Trinajstić information content (AvgIpc) is 2.80. The molecular formula is C23H20ClN3O4S. The highest BCUT2D eigenvalue weighted by Gasteiger charge is 2.05. The number of nitro benzene ring substituents is 1. The van der Waals surface area contributed by atoms with Crippen molar-refractivity contribution in [1.29, 1.82) is 0 Å². The lowest BCUT2D eigenvalue weighted by atomic mass is 10.2. The Bertz CT molecular complexity index is 1070. The monoisotopic (exact) mass is 469 g/mol. The number of nitrogens with one attached hydrogen (secondary N) is 1. The first kappa shape index (κ1) is 23.3. The normalized spacial score (nSPS) is 10.8. The summed E-state index contributed by atoms with van der Waals surface area (Å²) in [5.74, 6) is 1.30. The van der Waals surface area contributed by atoms with E-state index < -0.39 is 4.92 Å². The maximum atomic E-state index is 11.9. The van der Waals surface area contributed by atoms with Crippen LogP contribution in [0.3, 0.4) is 0 Å². The van der Waals surface area contributed by atoms with E-state index in [2.05, 4.69) is 10.5 Å². The first-order valence-electron chi connectivity index (χ1n) is 9.60. The molecule has 7 nitrogen and oxygen atoms in total. The number of hydrogen-bond donors (Lipinski definition) is 1. The second kappa shape index (κ2) is 11.9. The van der Waals surface area contributed by atoms with Crippen molar-refractivity contribution in [2.75, 3.05) is 5.75 Å². The Morgan fingerprint density at radius 2 is 1.69 bits per heavy atom. The molecule has 0 heterocycles. The molecule has 3 aromatic rings. The van der Waals surface area contributed by atoms with Crippen molar-refractivity contribution in [3.05, 3.63) is 105 Å². The van der Waals surface area contributed by atoms with Gasteiger partial charge in [-0.25, -0.2) is 5.43 Å².